The summed E-state index contributed by atoms with van der Waals surface area (Å²) < 4.78 is 0. The molecule has 4 aromatic carbocycles. The Bertz CT molecular complexity index is 1190. The second-order valence-corrected chi connectivity index (χ2v) is 7.59. The van der Waals surface area contributed by atoms with Crippen LogP contribution in [0.3, 0.4) is 0 Å². The first-order chi connectivity index (χ1) is 13.6. The molecule has 0 aromatic heterocycles. The van der Waals surface area contributed by atoms with E-state index in [0.717, 1.165) is 10.9 Å². The summed E-state index contributed by atoms with van der Waals surface area (Å²) in [4.78, 5) is 13.0. The van der Waals surface area contributed by atoms with Gasteiger partial charge >= 0.3 is 0 Å². The highest BCUT2D eigenvalue weighted by Crippen LogP contribution is 2.42. The molecule has 0 atom stereocenters. The van der Waals surface area contributed by atoms with Gasteiger partial charge in [-0.2, -0.15) is 0 Å². The average molecular weight is 364 g/mol. The van der Waals surface area contributed by atoms with Crippen LogP contribution in [0.25, 0.3) is 10.8 Å². The smallest absolute Gasteiger partial charge is 0.193 e. The van der Waals surface area contributed by atoms with Crippen molar-refractivity contribution in [3.05, 3.63) is 118 Å². The summed E-state index contributed by atoms with van der Waals surface area (Å²) in [7, 11) is 0. The van der Waals surface area contributed by atoms with E-state index in [1.807, 2.05) is 60.7 Å². The second-order valence-electron chi connectivity index (χ2n) is 7.59. The lowest BCUT2D eigenvalue weighted by atomic mass is 9.71. The Balaban J connectivity index is 1.72. The summed E-state index contributed by atoms with van der Waals surface area (Å²) in [6.07, 6.45) is 0.417. The van der Waals surface area contributed by atoms with Gasteiger partial charge in [-0.3, -0.25) is 4.79 Å². The number of rotatable bonds is 2. The van der Waals surface area contributed by atoms with E-state index < -0.39 is 5.60 Å². The molecular weight excluding hydrogens is 344 g/mol. The molecule has 4 aromatic rings. The van der Waals surface area contributed by atoms with Crippen molar-refractivity contribution in [2.24, 2.45) is 0 Å². The van der Waals surface area contributed by atoms with Crippen molar-refractivity contribution in [1.82, 2.24) is 0 Å². The molecule has 2 heteroatoms. The molecule has 1 aliphatic rings. The SMILES string of the molecule is Cc1cc(CC2(O)c3ccccc3C(=O)c3ccccc32)cc2ccccc12. The zero-order valence-corrected chi connectivity index (χ0v) is 15.6. The van der Waals surface area contributed by atoms with Gasteiger partial charge in [0.25, 0.3) is 0 Å². The van der Waals surface area contributed by atoms with Crippen molar-refractivity contribution in [2.75, 3.05) is 0 Å². The highest BCUT2D eigenvalue weighted by atomic mass is 16.3. The maximum absolute atomic E-state index is 13.0. The molecule has 0 unspecified atom stereocenters. The Morgan fingerprint density at radius 2 is 1.36 bits per heavy atom. The van der Waals surface area contributed by atoms with Gasteiger partial charge in [-0.1, -0.05) is 84.9 Å². The maximum atomic E-state index is 13.0. The zero-order chi connectivity index (χ0) is 19.3. The lowest BCUT2D eigenvalue weighted by molar-refractivity contribution is 0.0721. The van der Waals surface area contributed by atoms with E-state index in [1.165, 1.54) is 10.9 Å². The molecule has 0 bridgehead atoms. The molecule has 1 aliphatic carbocycles. The minimum absolute atomic E-state index is 0.0226. The van der Waals surface area contributed by atoms with Crippen molar-refractivity contribution in [3.8, 4) is 0 Å². The number of hydrogen-bond donors (Lipinski definition) is 1. The van der Waals surface area contributed by atoms with E-state index in [1.54, 1.807) is 0 Å². The van der Waals surface area contributed by atoms with Crippen LogP contribution < -0.4 is 0 Å². The Kier molecular flexibility index (Phi) is 3.71. The molecule has 2 nitrogen and oxygen atoms in total. The van der Waals surface area contributed by atoms with Crippen molar-refractivity contribution in [3.63, 3.8) is 0 Å². The highest BCUT2D eigenvalue weighted by molar-refractivity contribution is 6.13. The molecule has 0 saturated carbocycles. The topological polar surface area (TPSA) is 37.3 Å². The first kappa shape index (κ1) is 16.9. The van der Waals surface area contributed by atoms with Crippen LogP contribution in [0.1, 0.15) is 38.2 Å². The van der Waals surface area contributed by atoms with Crippen LogP contribution in [-0.2, 0) is 12.0 Å². The summed E-state index contributed by atoms with van der Waals surface area (Å²) in [6.45, 7) is 2.10. The molecule has 0 radical (unpaired) electrons. The van der Waals surface area contributed by atoms with Crippen LogP contribution in [0.2, 0.25) is 0 Å². The molecule has 0 heterocycles. The van der Waals surface area contributed by atoms with Crippen molar-refractivity contribution >= 4 is 16.6 Å². The Hall–Kier alpha value is -3.23. The van der Waals surface area contributed by atoms with E-state index >= 15 is 0 Å². The fraction of sp³-hybridized carbons (Fsp3) is 0.115. The first-order valence-electron chi connectivity index (χ1n) is 9.52. The predicted octanol–water partition coefficient (Wildman–Crippen LogP) is 5.17. The number of carbonyl (C=O) groups is 1. The monoisotopic (exact) mass is 364 g/mol. The van der Waals surface area contributed by atoms with Crippen molar-refractivity contribution < 1.29 is 9.90 Å². The van der Waals surface area contributed by atoms with Gasteiger partial charge in [0, 0.05) is 17.5 Å². The van der Waals surface area contributed by atoms with Gasteiger partial charge in [0.15, 0.2) is 5.78 Å². The third-order valence-electron chi connectivity index (χ3n) is 5.82. The summed E-state index contributed by atoms with van der Waals surface area (Å²) in [6, 6.07) is 27.4. The maximum Gasteiger partial charge on any atom is 0.193 e. The molecule has 28 heavy (non-hydrogen) atoms. The summed E-state index contributed by atoms with van der Waals surface area (Å²) in [5.74, 6) is -0.0226. The van der Waals surface area contributed by atoms with E-state index in [9.17, 15) is 9.90 Å². The molecule has 0 aliphatic heterocycles. The Labute approximate surface area is 164 Å². The van der Waals surface area contributed by atoms with E-state index in [4.69, 9.17) is 0 Å². The molecule has 0 spiro atoms. The number of benzene rings is 4. The van der Waals surface area contributed by atoms with Crippen molar-refractivity contribution in [2.45, 2.75) is 18.9 Å². The number of hydrogen-bond acceptors (Lipinski definition) is 2. The van der Waals surface area contributed by atoms with Gasteiger partial charge in [0.1, 0.15) is 5.60 Å². The molecule has 136 valence electrons. The highest BCUT2D eigenvalue weighted by Gasteiger charge is 2.41. The molecular formula is C26H20O2. The van der Waals surface area contributed by atoms with Gasteiger partial charge in [0.2, 0.25) is 0 Å². The first-order valence-corrected chi connectivity index (χ1v) is 9.52. The van der Waals surface area contributed by atoms with Crippen LogP contribution in [0.4, 0.5) is 0 Å². The predicted molar refractivity (Wildman–Crippen MR) is 112 cm³/mol. The van der Waals surface area contributed by atoms with Crippen LogP contribution in [0, 0.1) is 6.92 Å². The minimum Gasteiger partial charge on any atom is -0.380 e. The zero-order valence-electron chi connectivity index (χ0n) is 15.6. The minimum atomic E-state index is -1.24. The fourth-order valence-corrected chi connectivity index (χ4v) is 4.54. The molecule has 1 N–H and O–H groups in total. The normalized spacial score (nSPS) is 14.6. The van der Waals surface area contributed by atoms with Crippen LogP contribution in [0.5, 0.6) is 0 Å². The summed E-state index contributed by atoms with van der Waals surface area (Å²) >= 11 is 0. The van der Waals surface area contributed by atoms with Gasteiger partial charge in [-0.25, -0.2) is 0 Å². The quantitative estimate of drug-likeness (QED) is 0.533. The average Bonchev–Trinajstić information content (AvgIpc) is 2.72. The number of aryl methyl sites for hydroxylation is 1. The van der Waals surface area contributed by atoms with Crippen molar-refractivity contribution in [1.29, 1.82) is 0 Å². The number of fused-ring (bicyclic) bond motifs is 3. The third-order valence-corrected chi connectivity index (χ3v) is 5.82. The van der Waals surface area contributed by atoms with Crippen LogP contribution >= 0.6 is 0 Å². The lowest BCUT2D eigenvalue weighted by Gasteiger charge is -2.36. The summed E-state index contributed by atoms with van der Waals surface area (Å²) in [5.41, 5.74) is 3.54. The Morgan fingerprint density at radius 1 is 0.786 bits per heavy atom. The number of carbonyl (C=O) groups excluding carboxylic acids is 1. The molecule has 5 rings (SSSR count). The van der Waals surface area contributed by atoms with Crippen LogP contribution in [-0.4, -0.2) is 10.9 Å². The van der Waals surface area contributed by atoms with E-state index in [0.29, 0.717) is 28.7 Å². The van der Waals surface area contributed by atoms with Gasteiger partial charge < -0.3 is 5.11 Å². The molecule has 0 saturated heterocycles. The number of ketones is 1. The second kappa shape index (κ2) is 6.15. The lowest BCUT2D eigenvalue weighted by Crippen LogP contribution is -2.37. The van der Waals surface area contributed by atoms with E-state index in [2.05, 4.69) is 31.2 Å². The third kappa shape index (κ3) is 2.42. The number of aliphatic hydroxyl groups is 1. The van der Waals surface area contributed by atoms with Gasteiger partial charge in [0.05, 0.1) is 0 Å². The molecule has 0 fully saturated rings. The van der Waals surface area contributed by atoms with Gasteiger partial charge in [-0.15, -0.1) is 0 Å². The van der Waals surface area contributed by atoms with E-state index in [-0.39, 0.29) is 5.78 Å². The van der Waals surface area contributed by atoms with Crippen LogP contribution in [0.15, 0.2) is 84.9 Å². The fourth-order valence-electron chi connectivity index (χ4n) is 4.54. The largest absolute Gasteiger partial charge is 0.380 e. The standard InChI is InChI=1S/C26H20O2/c1-17-14-18(15-19-8-2-3-9-20(17)19)16-26(28)23-12-6-4-10-21(23)25(27)22-11-5-7-13-24(22)26/h2-15,28H,16H2,1H3. The molecule has 0 amide bonds. The Morgan fingerprint density at radius 3 is 2.04 bits per heavy atom. The van der Waals surface area contributed by atoms with Gasteiger partial charge in [-0.05, 0) is 39.9 Å². The summed E-state index contributed by atoms with van der Waals surface area (Å²) in [5, 5.41) is 14.3.